The van der Waals surface area contributed by atoms with E-state index >= 15 is 0 Å². The summed E-state index contributed by atoms with van der Waals surface area (Å²) in [6.45, 7) is 3.49. The van der Waals surface area contributed by atoms with Crippen LogP contribution in [0.1, 0.15) is 26.7 Å². The zero-order chi connectivity index (χ0) is 17.6. The summed E-state index contributed by atoms with van der Waals surface area (Å²) in [4.78, 5) is 11.3. The maximum absolute atomic E-state index is 12.2. The van der Waals surface area contributed by atoms with Crippen LogP contribution < -0.4 is 21.0 Å². The zero-order valence-electron chi connectivity index (χ0n) is 13.9. The number of rotatable bonds is 7. The second kappa shape index (κ2) is 9.90. The Morgan fingerprint density at radius 1 is 1.29 bits per heavy atom. The molecule has 1 rings (SSSR count). The van der Waals surface area contributed by atoms with Gasteiger partial charge in [0.25, 0.3) is 0 Å². The van der Waals surface area contributed by atoms with Crippen molar-refractivity contribution in [2.24, 2.45) is 11.0 Å². The van der Waals surface area contributed by atoms with E-state index in [1.165, 1.54) is 11.6 Å². The number of allylic oxidation sites excluding steroid dienone is 1. The summed E-state index contributed by atoms with van der Waals surface area (Å²) in [6.07, 6.45) is 5.22. The van der Waals surface area contributed by atoms with Gasteiger partial charge >= 0.3 is 30.6 Å². The molecule has 0 radical (unpaired) electrons. The smallest absolute Gasteiger partial charge is 0.504 e. The minimum Gasteiger partial charge on any atom is -0.504 e. The maximum Gasteiger partial charge on any atom is 2.00 e. The summed E-state index contributed by atoms with van der Waals surface area (Å²) in [6, 6.07) is 2.31. The van der Waals surface area contributed by atoms with Crippen LogP contribution in [-0.4, -0.2) is 45.7 Å². The third kappa shape index (κ3) is 6.70. The van der Waals surface area contributed by atoms with Crippen molar-refractivity contribution in [1.29, 1.82) is 0 Å². The molecule has 7 N–H and O–H groups in total. The molecule has 0 aromatic heterocycles. The van der Waals surface area contributed by atoms with E-state index in [-0.39, 0.29) is 41.0 Å². The van der Waals surface area contributed by atoms with Crippen LogP contribution in [0.5, 0.6) is 11.5 Å². The predicted octanol–water partition coefficient (Wildman–Crippen LogP) is 1.86. The second-order valence-electron chi connectivity index (χ2n) is 5.00. The molecule has 0 aliphatic carbocycles. The number of amides is 1. The van der Waals surface area contributed by atoms with Gasteiger partial charge in [0.1, 0.15) is 0 Å². The third-order valence-corrected chi connectivity index (χ3v) is 4.14. The summed E-state index contributed by atoms with van der Waals surface area (Å²) in [7, 11) is -3.70. The van der Waals surface area contributed by atoms with Crippen LogP contribution in [0.2, 0.25) is 0 Å². The molecule has 1 aromatic carbocycles. The average Bonchev–Trinajstić information content (AvgIpc) is 2.41. The number of hydrogen-bond acceptors (Lipinski definition) is 4. The van der Waals surface area contributed by atoms with E-state index in [2.05, 4.69) is 5.32 Å². The van der Waals surface area contributed by atoms with Crippen LogP contribution in [0, 0.1) is 0 Å². The molecule has 0 fully saturated rings. The molecule has 0 unspecified atom stereocenters. The molecular formula is C14H23MgN4O4P+2. The molecular weight excluding hydrogens is 343 g/mol. The van der Waals surface area contributed by atoms with Crippen LogP contribution in [0.25, 0.3) is 0 Å². The number of nitrogens with zero attached hydrogens (tertiary/aromatic N) is 1. The fraction of sp³-hybridized carbons (Fsp3) is 0.357. The van der Waals surface area contributed by atoms with E-state index in [1.807, 2.05) is 19.1 Å². The van der Waals surface area contributed by atoms with Gasteiger partial charge in [-0.25, -0.2) is 0 Å². The number of nitrogens with two attached hydrogens (primary N) is 2. The Kier molecular flexibility index (Phi) is 9.38. The fourth-order valence-corrected chi connectivity index (χ4v) is 2.93. The predicted molar refractivity (Wildman–Crippen MR) is 97.2 cm³/mol. The molecule has 0 bridgehead atoms. The molecule has 1 aromatic rings. The van der Waals surface area contributed by atoms with Crippen molar-refractivity contribution in [3.8, 4) is 11.5 Å². The molecule has 24 heavy (non-hydrogen) atoms. The molecule has 0 atom stereocenters. The van der Waals surface area contributed by atoms with Crippen LogP contribution in [0.3, 0.4) is 0 Å². The number of carbonyl (C=O) groups excluding carboxylic acids is 1. The molecule has 0 saturated heterocycles. The number of hydrogen-bond donors (Lipinski definition) is 5. The van der Waals surface area contributed by atoms with Crippen LogP contribution >= 0.6 is 7.59 Å². The first-order valence-corrected chi connectivity index (χ1v) is 8.90. The first kappa shape index (κ1) is 22.7. The van der Waals surface area contributed by atoms with Crippen molar-refractivity contribution in [2.75, 3.05) is 16.5 Å². The van der Waals surface area contributed by atoms with Gasteiger partial charge in [-0.15, -0.1) is 0 Å². The van der Waals surface area contributed by atoms with Crippen molar-refractivity contribution in [1.82, 2.24) is 0 Å². The Bertz CT molecular complexity index is 648. The fourth-order valence-electron chi connectivity index (χ4n) is 2.00. The average molecular weight is 367 g/mol. The van der Waals surface area contributed by atoms with Gasteiger partial charge in [0, 0.05) is 25.6 Å². The first-order valence-electron chi connectivity index (χ1n) is 7.10. The summed E-state index contributed by atoms with van der Waals surface area (Å²) in [5.41, 5.74) is 11.5. The number of anilines is 2. The normalized spacial score (nSPS) is 11.2. The number of carbonyl (C=O) groups is 1. The van der Waals surface area contributed by atoms with Crippen molar-refractivity contribution < 1.29 is 19.6 Å². The van der Waals surface area contributed by atoms with E-state index < -0.39 is 25.0 Å². The summed E-state index contributed by atoms with van der Waals surface area (Å²) in [5.74, 6) is -1.25. The molecule has 10 heteroatoms. The van der Waals surface area contributed by atoms with E-state index in [1.54, 1.807) is 0 Å². The number of benzene rings is 1. The minimum atomic E-state index is -3.70. The molecule has 0 spiro atoms. The van der Waals surface area contributed by atoms with Gasteiger partial charge < -0.3 is 15.5 Å². The number of nitrogens with one attached hydrogen (secondary N) is 1. The monoisotopic (exact) mass is 366 g/mol. The molecule has 128 valence electrons. The van der Waals surface area contributed by atoms with Gasteiger partial charge in [0.2, 0.25) is 5.91 Å². The van der Waals surface area contributed by atoms with E-state index in [9.17, 15) is 19.6 Å². The topological polar surface area (TPSA) is 142 Å². The van der Waals surface area contributed by atoms with Crippen LogP contribution in [0.4, 0.5) is 11.4 Å². The van der Waals surface area contributed by atoms with Crippen LogP contribution in [0.15, 0.2) is 24.3 Å². The molecule has 0 aliphatic heterocycles. The Balaban J connectivity index is 0.00000529. The van der Waals surface area contributed by atoms with Gasteiger partial charge in [0.15, 0.2) is 11.5 Å². The quantitative estimate of drug-likeness (QED) is 0.163. The molecule has 0 heterocycles. The van der Waals surface area contributed by atoms with E-state index in [0.717, 1.165) is 18.6 Å². The van der Waals surface area contributed by atoms with Gasteiger partial charge in [-0.05, 0) is 12.8 Å². The van der Waals surface area contributed by atoms with Crippen molar-refractivity contribution >= 4 is 47.9 Å². The summed E-state index contributed by atoms with van der Waals surface area (Å²) in [5, 5.41) is 21.8. The van der Waals surface area contributed by atoms with Crippen LogP contribution in [-0.2, 0) is 9.36 Å². The zero-order valence-corrected chi connectivity index (χ0v) is 16.2. The Morgan fingerprint density at radius 2 is 1.88 bits per heavy atom. The molecule has 1 amide bonds. The summed E-state index contributed by atoms with van der Waals surface area (Å²) < 4.78 is 13.4. The molecule has 0 aliphatic rings. The number of phenolic OH excluding ortho intramolecular Hbond substituents is 2. The van der Waals surface area contributed by atoms with Gasteiger partial charge in [-0.1, -0.05) is 19.1 Å². The van der Waals surface area contributed by atoms with Gasteiger partial charge in [-0.3, -0.25) is 25.0 Å². The summed E-state index contributed by atoms with van der Waals surface area (Å²) >= 11 is 0. The molecule has 8 nitrogen and oxygen atoms in total. The first-order chi connectivity index (χ1) is 10.7. The van der Waals surface area contributed by atoms with Crippen molar-refractivity contribution in [3.05, 3.63) is 24.3 Å². The Morgan fingerprint density at radius 3 is 2.38 bits per heavy atom. The Hall–Kier alpha value is -1.25. The van der Waals surface area contributed by atoms with Gasteiger partial charge in [-0.2, -0.15) is 0 Å². The number of aromatic hydroxyl groups is 2. The second-order valence-corrected chi connectivity index (χ2v) is 6.83. The largest absolute Gasteiger partial charge is 2.00 e. The third-order valence-electron chi connectivity index (χ3n) is 2.97. The van der Waals surface area contributed by atoms with E-state index in [0.29, 0.717) is 6.42 Å². The number of phenols is 2. The Labute approximate surface area is 157 Å². The molecule has 0 saturated carbocycles. The standard InChI is InChI=1S/C14H23N4O4P.Mg/c1-3-4-5-6-7-18(23(15,16)22)12-9-14(21)13(20)8-11(12)17-10(2)19;/h4-5,8-9,20-21H,3,6-7H2,1-2H3,(H,17,19)(H4,15,16,22);/q;+2/b5-4+;. The minimum absolute atomic E-state index is 0. The van der Waals surface area contributed by atoms with Crippen molar-refractivity contribution in [2.45, 2.75) is 26.7 Å². The maximum atomic E-state index is 12.2. The SMILES string of the molecule is CC/C=C/CCN(c1cc(O)c(O)cc1NC(C)=O)P(N)(N)=O.[Mg+2]. The van der Waals surface area contributed by atoms with Gasteiger partial charge in [0.05, 0.1) is 11.4 Å². The van der Waals surface area contributed by atoms with Crippen molar-refractivity contribution in [3.63, 3.8) is 0 Å². The van der Waals surface area contributed by atoms with E-state index in [4.69, 9.17) is 11.0 Å².